The summed E-state index contributed by atoms with van der Waals surface area (Å²) >= 11 is 0. The molecule has 34 heavy (non-hydrogen) atoms. The summed E-state index contributed by atoms with van der Waals surface area (Å²) in [7, 11) is -3.84. The summed E-state index contributed by atoms with van der Waals surface area (Å²) in [6.07, 6.45) is 3.38. The van der Waals surface area contributed by atoms with E-state index >= 15 is 0 Å². The second-order valence-electron chi connectivity index (χ2n) is 10.4. The molecule has 1 aliphatic carbocycles. The monoisotopic (exact) mass is 489 g/mol. The molecular weight excluding hydrogens is 458 g/mol. The van der Waals surface area contributed by atoms with Crippen LogP contribution in [0.2, 0.25) is 0 Å². The number of imide groups is 1. The highest BCUT2D eigenvalue weighted by Gasteiger charge is 2.56. The van der Waals surface area contributed by atoms with Crippen molar-refractivity contribution in [2.45, 2.75) is 63.3 Å². The van der Waals surface area contributed by atoms with E-state index in [4.69, 9.17) is 0 Å². The molecule has 0 radical (unpaired) electrons. The molecule has 4 rings (SSSR count). The van der Waals surface area contributed by atoms with Crippen LogP contribution in [-0.2, 0) is 19.6 Å². The van der Waals surface area contributed by atoms with Gasteiger partial charge in [0.2, 0.25) is 5.91 Å². The highest BCUT2D eigenvalue weighted by Crippen LogP contribution is 2.46. The maximum Gasteiger partial charge on any atom is 0.325 e. The van der Waals surface area contributed by atoms with Crippen LogP contribution in [0, 0.1) is 11.3 Å². The van der Waals surface area contributed by atoms with E-state index in [9.17, 15) is 22.8 Å². The minimum Gasteiger partial charge on any atom is -0.324 e. The molecule has 2 fully saturated rings. The fourth-order valence-corrected chi connectivity index (χ4v) is 6.71. The smallest absolute Gasteiger partial charge is 0.324 e. The predicted molar refractivity (Wildman–Crippen MR) is 127 cm³/mol. The van der Waals surface area contributed by atoms with Gasteiger partial charge in [0.1, 0.15) is 17.9 Å². The number of sulfonamides is 1. The van der Waals surface area contributed by atoms with E-state index in [-0.39, 0.29) is 27.8 Å². The Bertz CT molecular complexity index is 1160. The van der Waals surface area contributed by atoms with Crippen molar-refractivity contribution < 1.29 is 22.8 Å². The zero-order chi connectivity index (χ0) is 24.7. The summed E-state index contributed by atoms with van der Waals surface area (Å²) in [6, 6.07) is 5.22. The van der Waals surface area contributed by atoms with Crippen LogP contribution in [0.15, 0.2) is 34.2 Å². The number of anilines is 1. The standard InChI is InChI=1S/C23H31N5O5S/c1-15-11-22(2,3)14-23(12-15)20(30)28(21(31)26-23)13-19(29)25-16-6-4-7-17(10-16)34(32,33)27-18-8-5-9-24-18/h4,6-7,10,15H,5,8-9,11-14H2,1-3H3,(H,24,27)(H,25,29)(H,26,31)/t15-,23+/m0/s1. The van der Waals surface area contributed by atoms with Crippen molar-refractivity contribution in [3.63, 3.8) is 0 Å². The van der Waals surface area contributed by atoms with Crippen molar-refractivity contribution in [3.8, 4) is 0 Å². The van der Waals surface area contributed by atoms with Crippen LogP contribution < -0.4 is 15.4 Å². The van der Waals surface area contributed by atoms with Gasteiger partial charge in [-0.3, -0.25) is 24.2 Å². The lowest BCUT2D eigenvalue weighted by molar-refractivity contribution is -0.136. The number of nitrogens with one attached hydrogen (secondary N) is 3. The van der Waals surface area contributed by atoms with E-state index in [1.54, 1.807) is 6.07 Å². The highest BCUT2D eigenvalue weighted by molar-refractivity contribution is 7.90. The van der Waals surface area contributed by atoms with Gasteiger partial charge in [-0.05, 0) is 55.2 Å². The Morgan fingerprint density at radius 3 is 2.71 bits per heavy atom. The molecule has 3 N–H and O–H groups in total. The predicted octanol–water partition coefficient (Wildman–Crippen LogP) is 2.23. The Kier molecular flexibility index (Phi) is 6.17. The molecule has 0 unspecified atom stereocenters. The number of aliphatic imine (C=N–C) groups is 1. The molecule has 2 atom stereocenters. The van der Waals surface area contributed by atoms with Crippen LogP contribution in [-0.4, -0.2) is 55.6 Å². The van der Waals surface area contributed by atoms with Crippen LogP contribution in [0.25, 0.3) is 0 Å². The van der Waals surface area contributed by atoms with Crippen LogP contribution in [0.4, 0.5) is 10.5 Å². The van der Waals surface area contributed by atoms with Gasteiger partial charge in [0.05, 0.1) is 4.90 Å². The van der Waals surface area contributed by atoms with Crippen LogP contribution in [0.5, 0.6) is 0 Å². The van der Waals surface area contributed by atoms with Crippen molar-refractivity contribution in [2.24, 2.45) is 16.3 Å². The molecule has 11 heteroatoms. The number of urea groups is 1. The minimum absolute atomic E-state index is 0.0210. The first-order valence-corrected chi connectivity index (χ1v) is 13.0. The zero-order valence-corrected chi connectivity index (χ0v) is 20.5. The maximum absolute atomic E-state index is 13.2. The van der Waals surface area contributed by atoms with Gasteiger partial charge in [-0.25, -0.2) is 13.2 Å². The molecule has 3 aliphatic rings. The number of carbonyl (C=O) groups excluding carboxylic acids is 3. The van der Waals surface area contributed by atoms with Gasteiger partial charge >= 0.3 is 6.03 Å². The highest BCUT2D eigenvalue weighted by atomic mass is 32.2. The number of amidine groups is 1. The minimum atomic E-state index is -3.84. The molecule has 1 saturated heterocycles. The molecule has 10 nitrogen and oxygen atoms in total. The fraction of sp³-hybridized carbons (Fsp3) is 0.565. The molecule has 0 aromatic heterocycles. The van der Waals surface area contributed by atoms with E-state index in [1.807, 2.05) is 0 Å². The number of benzene rings is 1. The zero-order valence-electron chi connectivity index (χ0n) is 19.7. The van der Waals surface area contributed by atoms with Crippen LogP contribution in [0.3, 0.4) is 0 Å². The maximum atomic E-state index is 13.2. The van der Waals surface area contributed by atoms with Gasteiger partial charge in [-0.2, -0.15) is 0 Å². The summed E-state index contributed by atoms with van der Waals surface area (Å²) in [5, 5.41) is 5.44. The van der Waals surface area contributed by atoms with E-state index in [1.165, 1.54) is 18.2 Å². The largest absolute Gasteiger partial charge is 0.325 e. The average Bonchev–Trinajstić information content (AvgIpc) is 3.28. The topological polar surface area (TPSA) is 137 Å². The summed E-state index contributed by atoms with van der Waals surface area (Å²) in [4.78, 5) is 43.6. The van der Waals surface area contributed by atoms with Gasteiger partial charge < -0.3 is 10.6 Å². The lowest BCUT2D eigenvalue weighted by Gasteiger charge is -2.43. The van der Waals surface area contributed by atoms with Gasteiger partial charge in [-0.1, -0.05) is 26.8 Å². The fourth-order valence-electron chi connectivity index (χ4n) is 5.57. The number of nitrogens with zero attached hydrogens (tertiary/aromatic N) is 2. The number of hydrogen-bond acceptors (Lipinski definition) is 6. The third kappa shape index (κ3) is 4.94. The molecular formula is C23H31N5O5S. The molecule has 2 heterocycles. The molecule has 1 saturated carbocycles. The van der Waals surface area contributed by atoms with Crippen molar-refractivity contribution in [1.82, 2.24) is 14.9 Å². The van der Waals surface area contributed by atoms with E-state index in [0.717, 1.165) is 17.7 Å². The summed E-state index contributed by atoms with van der Waals surface area (Å²) < 4.78 is 27.7. The molecule has 4 amide bonds. The van der Waals surface area contributed by atoms with E-state index in [0.29, 0.717) is 31.6 Å². The summed E-state index contributed by atoms with van der Waals surface area (Å²) in [5.41, 5.74) is -0.847. The average molecular weight is 490 g/mol. The van der Waals surface area contributed by atoms with E-state index < -0.39 is 34.0 Å². The molecule has 1 aromatic rings. The van der Waals surface area contributed by atoms with Crippen molar-refractivity contribution in [3.05, 3.63) is 24.3 Å². The number of rotatable bonds is 5. The van der Waals surface area contributed by atoms with Crippen molar-refractivity contribution >= 4 is 39.4 Å². The summed E-state index contributed by atoms with van der Waals surface area (Å²) in [6.45, 7) is 6.36. The molecule has 0 bridgehead atoms. The Morgan fingerprint density at radius 1 is 1.26 bits per heavy atom. The van der Waals surface area contributed by atoms with Crippen molar-refractivity contribution in [2.75, 3.05) is 18.4 Å². The Hall–Kier alpha value is -2.95. The Morgan fingerprint density at radius 2 is 2.03 bits per heavy atom. The normalized spacial score (nSPS) is 26.4. The number of carbonyl (C=O) groups is 3. The third-order valence-electron chi connectivity index (χ3n) is 6.48. The number of amides is 4. The second-order valence-corrected chi connectivity index (χ2v) is 12.1. The van der Waals surface area contributed by atoms with Crippen LogP contribution >= 0.6 is 0 Å². The first-order valence-electron chi connectivity index (χ1n) is 11.5. The Balaban J connectivity index is 1.43. The van der Waals surface area contributed by atoms with Gasteiger partial charge in [-0.15, -0.1) is 0 Å². The summed E-state index contributed by atoms with van der Waals surface area (Å²) in [5.74, 6) is -0.297. The van der Waals surface area contributed by atoms with Gasteiger partial charge in [0.25, 0.3) is 15.9 Å². The molecule has 1 aromatic carbocycles. The second kappa shape index (κ2) is 8.68. The molecule has 1 spiro atoms. The first-order chi connectivity index (χ1) is 15.9. The molecule has 2 aliphatic heterocycles. The van der Waals surface area contributed by atoms with Crippen LogP contribution in [0.1, 0.15) is 52.9 Å². The molecule has 184 valence electrons. The lowest BCUT2D eigenvalue weighted by atomic mass is 9.64. The van der Waals surface area contributed by atoms with Gasteiger partial charge in [0.15, 0.2) is 0 Å². The lowest BCUT2D eigenvalue weighted by Crippen LogP contribution is -2.54. The van der Waals surface area contributed by atoms with Gasteiger partial charge in [0, 0.05) is 18.7 Å². The Labute approximate surface area is 199 Å². The number of hydrogen-bond donors (Lipinski definition) is 3. The SMILES string of the molecule is C[C@H]1CC(C)(C)C[C@@]2(C1)NC(=O)N(CC(=O)Nc1cccc(S(=O)(=O)NC3=NCCC3)c1)C2=O. The third-order valence-corrected chi connectivity index (χ3v) is 7.86. The van der Waals surface area contributed by atoms with E-state index in [2.05, 4.69) is 41.1 Å². The first kappa shape index (κ1) is 24.2. The quantitative estimate of drug-likeness (QED) is 0.545. The van der Waals surface area contributed by atoms with Crippen molar-refractivity contribution in [1.29, 1.82) is 0 Å².